The molecule has 3 rings (SSSR count). The molecule has 0 radical (unpaired) electrons. The predicted molar refractivity (Wildman–Crippen MR) is 113 cm³/mol. The second kappa shape index (κ2) is 10.5. The van der Waals surface area contributed by atoms with Gasteiger partial charge >= 0.3 is 0 Å². The van der Waals surface area contributed by atoms with Gasteiger partial charge in [-0.3, -0.25) is 9.69 Å². The third kappa shape index (κ3) is 6.06. The molecule has 146 valence electrons. The summed E-state index contributed by atoms with van der Waals surface area (Å²) in [6.45, 7) is 6.66. The molecule has 1 heterocycles. The standard InChI is InChI=1S/C22H29N3O.ClH/c1-17-5-4-12-25(15-17)16-21-7-3-2-6-20(21)14-24-22(26)19-10-8-18(13-23)9-11-19;/h2-3,6-11,17H,4-5,12-16,23H2,1H3,(H,24,26);1H. The normalized spacial score (nSPS) is 17.2. The van der Waals surface area contributed by atoms with E-state index in [4.69, 9.17) is 5.73 Å². The molecule has 5 heteroatoms. The first-order valence-electron chi connectivity index (χ1n) is 9.52. The van der Waals surface area contributed by atoms with Crippen LogP contribution in [0.25, 0.3) is 0 Å². The van der Waals surface area contributed by atoms with E-state index in [1.165, 1.54) is 30.5 Å². The van der Waals surface area contributed by atoms with E-state index in [0.29, 0.717) is 18.7 Å². The lowest BCUT2D eigenvalue weighted by Crippen LogP contribution is -2.34. The first-order valence-corrected chi connectivity index (χ1v) is 9.52. The molecule has 4 nitrogen and oxygen atoms in total. The third-order valence-electron chi connectivity index (χ3n) is 5.14. The van der Waals surface area contributed by atoms with Gasteiger partial charge in [-0.25, -0.2) is 0 Å². The van der Waals surface area contributed by atoms with Crippen LogP contribution >= 0.6 is 12.4 Å². The van der Waals surface area contributed by atoms with E-state index in [9.17, 15) is 4.79 Å². The molecule has 1 fully saturated rings. The highest BCUT2D eigenvalue weighted by Gasteiger charge is 2.17. The van der Waals surface area contributed by atoms with Crippen LogP contribution in [0.1, 0.15) is 46.8 Å². The Hall–Kier alpha value is -1.88. The van der Waals surface area contributed by atoms with Crippen molar-refractivity contribution in [3.05, 3.63) is 70.8 Å². The Labute approximate surface area is 168 Å². The third-order valence-corrected chi connectivity index (χ3v) is 5.14. The van der Waals surface area contributed by atoms with Crippen LogP contribution in [0.3, 0.4) is 0 Å². The second-order valence-corrected chi connectivity index (χ2v) is 7.33. The number of carbonyl (C=O) groups is 1. The quantitative estimate of drug-likeness (QED) is 0.793. The molecular formula is C22H30ClN3O. The molecule has 1 amide bonds. The number of likely N-dealkylation sites (tertiary alicyclic amines) is 1. The van der Waals surface area contributed by atoms with Gasteiger partial charge in [-0.2, -0.15) is 0 Å². The van der Waals surface area contributed by atoms with E-state index in [1.807, 2.05) is 30.3 Å². The molecule has 0 aliphatic carbocycles. The fourth-order valence-corrected chi connectivity index (χ4v) is 3.63. The SMILES string of the molecule is CC1CCCN(Cc2ccccc2CNC(=O)c2ccc(CN)cc2)C1.Cl. The van der Waals surface area contributed by atoms with Crippen LogP contribution in [0, 0.1) is 5.92 Å². The van der Waals surface area contributed by atoms with Crippen molar-refractivity contribution in [1.82, 2.24) is 10.2 Å². The number of benzene rings is 2. The van der Waals surface area contributed by atoms with Gasteiger partial charge in [0.1, 0.15) is 0 Å². The van der Waals surface area contributed by atoms with E-state index in [0.717, 1.165) is 24.6 Å². The zero-order valence-corrected chi connectivity index (χ0v) is 16.8. The summed E-state index contributed by atoms with van der Waals surface area (Å²) in [6, 6.07) is 15.9. The number of rotatable bonds is 6. The van der Waals surface area contributed by atoms with Gasteiger partial charge in [0.05, 0.1) is 0 Å². The maximum Gasteiger partial charge on any atom is 0.251 e. The molecule has 1 aliphatic rings. The van der Waals surface area contributed by atoms with E-state index >= 15 is 0 Å². The van der Waals surface area contributed by atoms with Gasteiger partial charge in [0, 0.05) is 31.7 Å². The minimum absolute atomic E-state index is 0. The molecule has 27 heavy (non-hydrogen) atoms. The summed E-state index contributed by atoms with van der Waals surface area (Å²) in [5.41, 5.74) is 9.81. The molecular weight excluding hydrogens is 358 g/mol. The fourth-order valence-electron chi connectivity index (χ4n) is 3.63. The van der Waals surface area contributed by atoms with Crippen LogP contribution in [0.15, 0.2) is 48.5 Å². The number of nitrogens with two attached hydrogens (primary N) is 1. The summed E-state index contributed by atoms with van der Waals surface area (Å²) in [4.78, 5) is 14.9. The monoisotopic (exact) mass is 387 g/mol. The summed E-state index contributed by atoms with van der Waals surface area (Å²) in [7, 11) is 0. The van der Waals surface area contributed by atoms with Crippen molar-refractivity contribution < 1.29 is 4.79 Å². The lowest BCUT2D eigenvalue weighted by molar-refractivity contribution is 0.0950. The average molecular weight is 388 g/mol. The maximum atomic E-state index is 12.4. The van der Waals surface area contributed by atoms with Gasteiger partial charge in [0.2, 0.25) is 0 Å². The Balaban J connectivity index is 0.00000261. The van der Waals surface area contributed by atoms with Crippen molar-refractivity contribution in [3.8, 4) is 0 Å². The van der Waals surface area contributed by atoms with Crippen LogP contribution in [0.5, 0.6) is 0 Å². The summed E-state index contributed by atoms with van der Waals surface area (Å²) in [6.07, 6.45) is 2.61. The van der Waals surface area contributed by atoms with Gasteiger partial charge in [0.25, 0.3) is 5.91 Å². The first-order chi connectivity index (χ1) is 12.7. The Kier molecular flexibility index (Phi) is 8.29. The second-order valence-electron chi connectivity index (χ2n) is 7.33. The van der Waals surface area contributed by atoms with Gasteiger partial charge in [0.15, 0.2) is 0 Å². The van der Waals surface area contributed by atoms with Crippen molar-refractivity contribution in [3.63, 3.8) is 0 Å². The molecule has 1 aliphatic heterocycles. The predicted octanol–water partition coefficient (Wildman–Crippen LogP) is 3.73. The first kappa shape index (κ1) is 21.4. The zero-order valence-electron chi connectivity index (χ0n) is 16.0. The Morgan fingerprint density at radius 3 is 2.52 bits per heavy atom. The molecule has 3 N–H and O–H groups in total. The molecule has 0 saturated carbocycles. The Morgan fingerprint density at radius 2 is 1.85 bits per heavy atom. The van der Waals surface area contributed by atoms with Gasteiger partial charge < -0.3 is 11.1 Å². The van der Waals surface area contributed by atoms with Crippen LogP contribution in [0.2, 0.25) is 0 Å². The molecule has 0 spiro atoms. The minimum Gasteiger partial charge on any atom is -0.348 e. The molecule has 2 aromatic carbocycles. The van der Waals surface area contributed by atoms with E-state index in [2.05, 4.69) is 35.3 Å². The smallest absolute Gasteiger partial charge is 0.251 e. The van der Waals surface area contributed by atoms with Crippen molar-refractivity contribution in [2.24, 2.45) is 11.7 Å². The molecule has 1 atom stereocenters. The van der Waals surface area contributed by atoms with Crippen molar-refractivity contribution >= 4 is 18.3 Å². The van der Waals surface area contributed by atoms with Crippen molar-refractivity contribution in [1.29, 1.82) is 0 Å². The number of amides is 1. The summed E-state index contributed by atoms with van der Waals surface area (Å²) < 4.78 is 0. The zero-order chi connectivity index (χ0) is 18.4. The molecule has 1 saturated heterocycles. The van der Waals surface area contributed by atoms with E-state index < -0.39 is 0 Å². The highest BCUT2D eigenvalue weighted by Crippen LogP contribution is 2.19. The summed E-state index contributed by atoms with van der Waals surface area (Å²) in [5, 5.41) is 3.05. The van der Waals surface area contributed by atoms with E-state index in [-0.39, 0.29) is 18.3 Å². The number of nitrogens with zero attached hydrogens (tertiary/aromatic N) is 1. The van der Waals surface area contributed by atoms with Crippen LogP contribution < -0.4 is 11.1 Å². The highest BCUT2D eigenvalue weighted by atomic mass is 35.5. The largest absolute Gasteiger partial charge is 0.348 e. The number of hydrogen-bond acceptors (Lipinski definition) is 3. The highest BCUT2D eigenvalue weighted by molar-refractivity contribution is 5.94. The Morgan fingerprint density at radius 1 is 1.15 bits per heavy atom. The number of halogens is 1. The topological polar surface area (TPSA) is 58.4 Å². The van der Waals surface area contributed by atoms with Crippen molar-refractivity contribution in [2.75, 3.05) is 13.1 Å². The van der Waals surface area contributed by atoms with Crippen LogP contribution in [0.4, 0.5) is 0 Å². The molecule has 0 aromatic heterocycles. The number of hydrogen-bond donors (Lipinski definition) is 2. The molecule has 1 unspecified atom stereocenters. The summed E-state index contributed by atoms with van der Waals surface area (Å²) in [5.74, 6) is 0.724. The van der Waals surface area contributed by atoms with Crippen LogP contribution in [-0.2, 0) is 19.6 Å². The summed E-state index contributed by atoms with van der Waals surface area (Å²) >= 11 is 0. The molecule has 2 aromatic rings. The van der Waals surface area contributed by atoms with Crippen molar-refractivity contribution in [2.45, 2.75) is 39.4 Å². The van der Waals surface area contributed by atoms with Gasteiger partial charge in [-0.15, -0.1) is 12.4 Å². The lowest BCUT2D eigenvalue weighted by atomic mass is 9.99. The van der Waals surface area contributed by atoms with Gasteiger partial charge in [-0.05, 0) is 54.1 Å². The number of piperidine rings is 1. The van der Waals surface area contributed by atoms with Gasteiger partial charge in [-0.1, -0.05) is 43.3 Å². The fraction of sp³-hybridized carbons (Fsp3) is 0.409. The Bertz CT molecular complexity index is 733. The van der Waals surface area contributed by atoms with E-state index in [1.54, 1.807) is 0 Å². The minimum atomic E-state index is -0.0463. The number of carbonyl (C=O) groups excluding carboxylic acids is 1. The average Bonchev–Trinajstić information content (AvgIpc) is 2.67. The molecule has 0 bridgehead atoms. The maximum absolute atomic E-state index is 12.4. The van der Waals surface area contributed by atoms with Crippen LogP contribution in [-0.4, -0.2) is 23.9 Å². The number of nitrogens with one attached hydrogen (secondary N) is 1. The lowest BCUT2D eigenvalue weighted by Gasteiger charge is -2.31.